The third kappa shape index (κ3) is 2.67. The number of hydrogen-bond acceptors (Lipinski definition) is 5. The minimum atomic E-state index is 0.377. The molecule has 6 heteroatoms. The van der Waals surface area contributed by atoms with Crippen molar-refractivity contribution in [2.45, 2.75) is 25.8 Å². The monoisotopic (exact) mass is 280 g/mol. The highest BCUT2D eigenvalue weighted by atomic mass is 35.5. The minimum Gasteiger partial charge on any atom is -0.421 e. The van der Waals surface area contributed by atoms with Crippen LogP contribution in [0.25, 0.3) is 11.2 Å². The molecule has 0 saturated carbocycles. The third-order valence-electron chi connectivity index (χ3n) is 3.47. The van der Waals surface area contributed by atoms with Crippen LogP contribution in [-0.4, -0.2) is 41.0 Å². The van der Waals surface area contributed by atoms with Crippen molar-refractivity contribution >= 4 is 28.8 Å². The Kier molecular flexibility index (Phi) is 3.33. The van der Waals surface area contributed by atoms with Gasteiger partial charge in [-0.1, -0.05) is 11.6 Å². The first-order chi connectivity index (χ1) is 9.11. The van der Waals surface area contributed by atoms with E-state index < -0.39 is 0 Å². The zero-order chi connectivity index (χ0) is 13.4. The van der Waals surface area contributed by atoms with Gasteiger partial charge >= 0.3 is 0 Å². The fourth-order valence-electron chi connectivity index (χ4n) is 2.54. The summed E-state index contributed by atoms with van der Waals surface area (Å²) in [5.74, 6) is 0. The maximum atomic E-state index is 5.92. The molecule has 2 aromatic heterocycles. The topological polar surface area (TPSA) is 54.2 Å². The lowest BCUT2D eigenvalue weighted by Gasteiger charge is -2.29. The van der Waals surface area contributed by atoms with Gasteiger partial charge in [0.2, 0.25) is 5.65 Å². The van der Waals surface area contributed by atoms with E-state index in [9.17, 15) is 0 Å². The summed E-state index contributed by atoms with van der Waals surface area (Å²) >= 11 is 5.92. The molecule has 1 N–H and O–H groups in total. The Labute approximate surface area is 117 Å². The van der Waals surface area contributed by atoms with E-state index >= 15 is 0 Å². The summed E-state index contributed by atoms with van der Waals surface area (Å²) in [6.45, 7) is 4.10. The average molecular weight is 281 g/mol. The molecule has 0 aromatic carbocycles. The number of hydrogen-bond donors (Lipinski definition) is 1. The van der Waals surface area contributed by atoms with Crippen LogP contribution in [0.5, 0.6) is 0 Å². The Balaban J connectivity index is 1.83. The van der Waals surface area contributed by atoms with Crippen molar-refractivity contribution in [3.8, 4) is 0 Å². The maximum Gasteiger partial charge on any atom is 0.297 e. The molecule has 0 radical (unpaired) electrons. The van der Waals surface area contributed by atoms with Gasteiger partial charge in [-0.2, -0.15) is 4.98 Å². The van der Waals surface area contributed by atoms with E-state index in [2.05, 4.69) is 27.2 Å². The van der Waals surface area contributed by atoms with Gasteiger partial charge in [-0.3, -0.25) is 0 Å². The van der Waals surface area contributed by atoms with E-state index in [-0.39, 0.29) is 0 Å². The van der Waals surface area contributed by atoms with Crippen LogP contribution in [0.3, 0.4) is 0 Å². The molecule has 1 aliphatic heterocycles. The summed E-state index contributed by atoms with van der Waals surface area (Å²) in [6, 6.07) is 2.70. The molecule has 3 rings (SSSR count). The molecule has 0 amide bonds. The second-order valence-electron chi connectivity index (χ2n) is 5.18. The van der Waals surface area contributed by atoms with Crippen LogP contribution in [0.4, 0.5) is 6.01 Å². The van der Waals surface area contributed by atoms with E-state index in [4.69, 9.17) is 16.0 Å². The van der Waals surface area contributed by atoms with Crippen molar-refractivity contribution in [2.24, 2.45) is 0 Å². The van der Waals surface area contributed by atoms with Crippen molar-refractivity contribution in [1.82, 2.24) is 14.9 Å². The number of halogens is 1. The van der Waals surface area contributed by atoms with E-state index in [1.54, 1.807) is 6.07 Å². The second kappa shape index (κ2) is 4.98. The molecule has 0 aliphatic carbocycles. The number of piperidine rings is 1. The quantitative estimate of drug-likeness (QED) is 0.857. The number of anilines is 1. The van der Waals surface area contributed by atoms with Crippen LogP contribution in [0.15, 0.2) is 10.5 Å². The van der Waals surface area contributed by atoms with Crippen molar-refractivity contribution in [2.75, 3.05) is 25.5 Å². The van der Waals surface area contributed by atoms with Crippen LogP contribution in [0.2, 0.25) is 5.15 Å². The smallest absolute Gasteiger partial charge is 0.297 e. The largest absolute Gasteiger partial charge is 0.421 e. The van der Waals surface area contributed by atoms with Gasteiger partial charge in [0.25, 0.3) is 6.01 Å². The molecule has 0 unspecified atom stereocenters. The summed E-state index contributed by atoms with van der Waals surface area (Å²) in [5, 5.41) is 3.79. The van der Waals surface area contributed by atoms with Gasteiger partial charge < -0.3 is 14.6 Å². The predicted octanol–water partition coefficient (Wildman–Crippen LogP) is 2.69. The number of nitrogens with one attached hydrogen (secondary N) is 1. The molecule has 1 aliphatic rings. The number of fused-ring (bicyclic) bond motifs is 1. The summed E-state index contributed by atoms with van der Waals surface area (Å²) in [6.07, 6.45) is 2.33. The molecular weight excluding hydrogens is 264 g/mol. The maximum absolute atomic E-state index is 5.92. The fourth-order valence-corrected chi connectivity index (χ4v) is 2.79. The normalized spacial score (nSPS) is 20.9. The highest BCUT2D eigenvalue weighted by molar-refractivity contribution is 6.29. The number of nitrogens with zero attached hydrogens (tertiary/aromatic N) is 3. The number of aryl methyl sites for hydroxylation is 1. The van der Waals surface area contributed by atoms with Crippen LogP contribution in [0.1, 0.15) is 18.4 Å². The van der Waals surface area contributed by atoms with E-state index in [1.807, 2.05) is 6.92 Å². The Morgan fingerprint density at radius 1 is 1.47 bits per heavy atom. The van der Waals surface area contributed by atoms with Crippen LogP contribution in [-0.2, 0) is 0 Å². The molecule has 3 heterocycles. The number of likely N-dealkylation sites (tertiary alicyclic amines) is 1. The molecule has 1 saturated heterocycles. The number of pyridine rings is 1. The molecule has 0 bridgehead atoms. The van der Waals surface area contributed by atoms with Gasteiger partial charge in [-0.15, -0.1) is 0 Å². The minimum absolute atomic E-state index is 0.377. The van der Waals surface area contributed by atoms with Crippen molar-refractivity contribution < 1.29 is 4.42 Å². The van der Waals surface area contributed by atoms with Gasteiger partial charge in [-0.05, 0) is 45.0 Å². The van der Waals surface area contributed by atoms with Gasteiger partial charge in [-0.25, -0.2) is 4.98 Å². The first-order valence-corrected chi connectivity index (χ1v) is 6.88. The van der Waals surface area contributed by atoms with E-state index in [1.165, 1.54) is 6.42 Å². The molecule has 19 heavy (non-hydrogen) atoms. The summed E-state index contributed by atoms with van der Waals surface area (Å²) in [4.78, 5) is 10.8. The second-order valence-corrected chi connectivity index (χ2v) is 5.57. The van der Waals surface area contributed by atoms with Crippen molar-refractivity contribution in [3.05, 3.63) is 16.8 Å². The predicted molar refractivity (Wildman–Crippen MR) is 75.7 cm³/mol. The molecule has 2 aromatic rings. The van der Waals surface area contributed by atoms with Crippen LogP contribution < -0.4 is 5.32 Å². The zero-order valence-electron chi connectivity index (χ0n) is 11.1. The van der Waals surface area contributed by atoms with Crippen molar-refractivity contribution in [1.29, 1.82) is 0 Å². The van der Waals surface area contributed by atoms with E-state index in [0.717, 1.165) is 25.1 Å². The molecule has 1 atom stereocenters. The van der Waals surface area contributed by atoms with Gasteiger partial charge in [0.15, 0.2) is 5.58 Å². The summed E-state index contributed by atoms with van der Waals surface area (Å²) < 4.78 is 5.73. The number of rotatable bonds is 2. The summed E-state index contributed by atoms with van der Waals surface area (Å²) in [7, 11) is 2.13. The number of oxazole rings is 1. The standard InChI is InChI=1S/C13H17ClN4O/c1-8-6-10(14)16-12-11(8)19-13(17-12)15-9-4-3-5-18(2)7-9/h6,9H,3-5,7H2,1-2H3,(H,15,16,17)/t9-/m1/s1. The lowest BCUT2D eigenvalue weighted by atomic mass is 10.1. The number of likely N-dealkylation sites (N-methyl/N-ethyl adjacent to an activating group) is 1. The lowest BCUT2D eigenvalue weighted by molar-refractivity contribution is 0.259. The Bertz CT molecular complexity index is 598. The molecule has 0 spiro atoms. The first-order valence-electron chi connectivity index (χ1n) is 6.50. The molecule has 1 fully saturated rings. The first kappa shape index (κ1) is 12.7. The fraction of sp³-hybridized carbons (Fsp3) is 0.538. The van der Waals surface area contributed by atoms with Crippen LogP contribution in [0, 0.1) is 6.92 Å². The highest BCUT2D eigenvalue weighted by Gasteiger charge is 2.19. The lowest BCUT2D eigenvalue weighted by Crippen LogP contribution is -2.39. The molecular formula is C13H17ClN4O. The van der Waals surface area contributed by atoms with Gasteiger partial charge in [0, 0.05) is 12.6 Å². The molecule has 5 nitrogen and oxygen atoms in total. The van der Waals surface area contributed by atoms with Gasteiger partial charge in [0.05, 0.1) is 0 Å². The average Bonchev–Trinajstić information content (AvgIpc) is 2.71. The van der Waals surface area contributed by atoms with Crippen LogP contribution >= 0.6 is 11.6 Å². The third-order valence-corrected chi connectivity index (χ3v) is 3.66. The van der Waals surface area contributed by atoms with E-state index in [0.29, 0.717) is 28.4 Å². The molecule has 102 valence electrons. The Hall–Kier alpha value is -1.33. The number of aromatic nitrogens is 2. The summed E-state index contributed by atoms with van der Waals surface area (Å²) in [5.41, 5.74) is 2.23. The van der Waals surface area contributed by atoms with Crippen molar-refractivity contribution in [3.63, 3.8) is 0 Å². The zero-order valence-corrected chi connectivity index (χ0v) is 11.9. The SMILES string of the molecule is Cc1cc(Cl)nc2nc(N[C@@H]3CCCN(C)C3)oc12. The van der Waals surface area contributed by atoms with Gasteiger partial charge in [0.1, 0.15) is 5.15 Å². The highest BCUT2D eigenvalue weighted by Crippen LogP contribution is 2.24. The Morgan fingerprint density at radius 2 is 2.32 bits per heavy atom. The Morgan fingerprint density at radius 3 is 3.11 bits per heavy atom.